The summed E-state index contributed by atoms with van der Waals surface area (Å²) < 4.78 is 18.0. The average Bonchev–Trinajstić information content (AvgIpc) is 2.53. The Bertz CT molecular complexity index is 336. The third-order valence-corrected chi connectivity index (χ3v) is 13.2. The molecule has 0 fully saturated rings. The lowest BCUT2D eigenvalue weighted by atomic mass is 10.3. The van der Waals surface area contributed by atoms with Gasteiger partial charge in [0.1, 0.15) is 0 Å². The number of rotatable bonds is 18. The monoisotopic (exact) mass is 449 g/mol. The van der Waals surface area contributed by atoms with Crippen LogP contribution in [0.15, 0.2) is 0 Å². The SMILES string of the molecule is CCO[Si](C)(C)CCCN(CCC[Si](C)(C)OCC)CCC[Si](C)(C)OCC. The van der Waals surface area contributed by atoms with Crippen molar-refractivity contribution in [1.82, 2.24) is 4.90 Å². The van der Waals surface area contributed by atoms with Crippen LogP contribution in [0.3, 0.4) is 0 Å². The molecule has 0 aromatic carbocycles. The summed E-state index contributed by atoms with van der Waals surface area (Å²) >= 11 is 0. The maximum Gasteiger partial charge on any atom is 0.186 e. The minimum absolute atomic E-state index is 0.858. The van der Waals surface area contributed by atoms with Crippen LogP contribution in [0.5, 0.6) is 0 Å². The Kier molecular flexibility index (Phi) is 14.7. The molecule has 0 bridgehead atoms. The minimum atomic E-state index is -1.47. The summed E-state index contributed by atoms with van der Waals surface area (Å²) in [5.74, 6) is 0. The molecule has 7 heteroatoms. The van der Waals surface area contributed by atoms with E-state index in [0.717, 1.165) is 19.8 Å². The van der Waals surface area contributed by atoms with Gasteiger partial charge in [0.15, 0.2) is 25.0 Å². The summed E-state index contributed by atoms with van der Waals surface area (Å²) in [6, 6.07) is 3.78. The van der Waals surface area contributed by atoms with Crippen LogP contribution in [0.25, 0.3) is 0 Å². The number of nitrogens with zero attached hydrogens (tertiary/aromatic N) is 1. The first-order valence-corrected chi connectivity index (χ1v) is 21.0. The molecule has 0 heterocycles. The summed E-state index contributed by atoms with van der Waals surface area (Å²) in [7, 11) is -4.40. The highest BCUT2D eigenvalue weighted by Crippen LogP contribution is 2.18. The zero-order valence-corrected chi connectivity index (χ0v) is 23.7. The van der Waals surface area contributed by atoms with Crippen molar-refractivity contribution in [2.24, 2.45) is 0 Å². The van der Waals surface area contributed by atoms with E-state index in [4.69, 9.17) is 13.3 Å². The first-order chi connectivity index (χ1) is 13.0. The lowest BCUT2D eigenvalue weighted by molar-refractivity contribution is 0.263. The highest BCUT2D eigenvalue weighted by atomic mass is 28.4. The molecule has 4 nitrogen and oxygen atoms in total. The molecule has 0 aliphatic rings. The Morgan fingerprint density at radius 3 is 0.964 bits per heavy atom. The average molecular weight is 450 g/mol. The number of hydrogen-bond donors (Lipinski definition) is 0. The summed E-state index contributed by atoms with van der Waals surface area (Å²) in [5.41, 5.74) is 0. The second-order valence-electron chi connectivity index (χ2n) is 9.73. The van der Waals surface area contributed by atoms with Gasteiger partial charge in [0.25, 0.3) is 0 Å². The summed E-state index contributed by atoms with van der Waals surface area (Å²) in [4.78, 5) is 2.70. The second-order valence-corrected chi connectivity index (χ2v) is 22.7. The molecule has 0 aliphatic carbocycles. The van der Waals surface area contributed by atoms with Crippen LogP contribution in [0.1, 0.15) is 40.0 Å². The lowest BCUT2D eigenvalue weighted by Crippen LogP contribution is -2.36. The molecule has 0 rings (SSSR count). The van der Waals surface area contributed by atoms with E-state index in [0.29, 0.717) is 0 Å². The molecule has 0 radical (unpaired) electrons. The first kappa shape index (κ1) is 28.5. The molecule has 0 aliphatic heterocycles. The zero-order valence-electron chi connectivity index (χ0n) is 20.7. The quantitative estimate of drug-likeness (QED) is 0.234. The fourth-order valence-electron chi connectivity index (χ4n) is 3.91. The van der Waals surface area contributed by atoms with Crippen LogP contribution in [-0.4, -0.2) is 69.3 Å². The van der Waals surface area contributed by atoms with Gasteiger partial charge in [0.2, 0.25) is 0 Å². The van der Waals surface area contributed by atoms with Gasteiger partial charge in [-0.2, -0.15) is 0 Å². The predicted molar refractivity (Wildman–Crippen MR) is 132 cm³/mol. The van der Waals surface area contributed by atoms with Gasteiger partial charge in [0.05, 0.1) is 0 Å². The molecule has 170 valence electrons. The van der Waals surface area contributed by atoms with Crippen LogP contribution in [0.2, 0.25) is 57.4 Å². The van der Waals surface area contributed by atoms with Gasteiger partial charge in [-0.3, -0.25) is 0 Å². The smallest absolute Gasteiger partial charge is 0.186 e. The van der Waals surface area contributed by atoms with Crippen LogP contribution in [0, 0.1) is 0 Å². The van der Waals surface area contributed by atoms with Gasteiger partial charge < -0.3 is 18.2 Å². The molecular formula is C21H51NO3Si3. The maximum absolute atomic E-state index is 6.02. The standard InChI is InChI=1S/C21H51NO3Si3/c1-10-23-26(4,5)19-13-16-22(17-14-20-27(6,7)24-11-2)18-15-21-28(8,9)25-12-3/h10-21H2,1-9H3. The van der Waals surface area contributed by atoms with Crippen molar-refractivity contribution < 1.29 is 13.3 Å². The fraction of sp³-hybridized carbons (Fsp3) is 1.00. The van der Waals surface area contributed by atoms with Crippen LogP contribution < -0.4 is 0 Å². The predicted octanol–water partition coefficient (Wildman–Crippen LogP) is 6.18. The largest absolute Gasteiger partial charge is 0.418 e. The molecular weight excluding hydrogens is 398 g/mol. The minimum Gasteiger partial charge on any atom is -0.418 e. The normalized spacial score (nSPS) is 13.5. The molecule has 0 aromatic rings. The maximum atomic E-state index is 6.02. The van der Waals surface area contributed by atoms with E-state index < -0.39 is 25.0 Å². The third kappa shape index (κ3) is 15.3. The second kappa shape index (κ2) is 14.5. The Morgan fingerprint density at radius 1 is 0.500 bits per heavy atom. The summed E-state index contributed by atoms with van der Waals surface area (Å²) in [6.45, 7) is 26.7. The Labute approximate surface area is 180 Å². The van der Waals surface area contributed by atoms with Crippen LogP contribution in [0.4, 0.5) is 0 Å². The first-order valence-electron chi connectivity index (χ1n) is 11.6. The van der Waals surface area contributed by atoms with Gasteiger partial charge in [-0.05, 0) is 117 Å². The van der Waals surface area contributed by atoms with Crippen LogP contribution in [-0.2, 0) is 13.3 Å². The summed E-state index contributed by atoms with van der Waals surface area (Å²) in [5, 5.41) is 0. The van der Waals surface area contributed by atoms with Crippen molar-refractivity contribution >= 4 is 25.0 Å². The van der Waals surface area contributed by atoms with Gasteiger partial charge in [-0.15, -0.1) is 0 Å². The highest BCUT2D eigenvalue weighted by molar-refractivity contribution is 6.71. The van der Waals surface area contributed by atoms with Crippen LogP contribution >= 0.6 is 0 Å². The van der Waals surface area contributed by atoms with E-state index >= 15 is 0 Å². The Balaban J connectivity index is 4.52. The Hall–Kier alpha value is 0.491. The Morgan fingerprint density at radius 2 is 0.750 bits per heavy atom. The van der Waals surface area contributed by atoms with E-state index in [9.17, 15) is 0 Å². The van der Waals surface area contributed by atoms with E-state index in [2.05, 4.69) is 65.0 Å². The molecule has 0 saturated carbocycles. The van der Waals surface area contributed by atoms with Gasteiger partial charge in [0, 0.05) is 19.8 Å². The molecule has 0 atom stereocenters. The molecule has 28 heavy (non-hydrogen) atoms. The van der Waals surface area contributed by atoms with Crippen molar-refractivity contribution in [3.63, 3.8) is 0 Å². The highest BCUT2D eigenvalue weighted by Gasteiger charge is 2.24. The van der Waals surface area contributed by atoms with E-state index in [1.807, 2.05) is 0 Å². The zero-order chi connectivity index (χ0) is 21.7. The molecule has 0 spiro atoms. The van der Waals surface area contributed by atoms with Gasteiger partial charge in [-0.1, -0.05) is 0 Å². The van der Waals surface area contributed by atoms with Crippen molar-refractivity contribution in [2.75, 3.05) is 39.5 Å². The van der Waals surface area contributed by atoms with Gasteiger partial charge >= 0.3 is 0 Å². The van der Waals surface area contributed by atoms with E-state index in [1.54, 1.807) is 0 Å². The molecule has 0 N–H and O–H groups in total. The van der Waals surface area contributed by atoms with Crippen molar-refractivity contribution in [3.05, 3.63) is 0 Å². The fourth-order valence-corrected chi connectivity index (χ4v) is 9.72. The number of hydrogen-bond acceptors (Lipinski definition) is 4. The van der Waals surface area contributed by atoms with Crippen molar-refractivity contribution in [1.29, 1.82) is 0 Å². The van der Waals surface area contributed by atoms with Gasteiger partial charge in [-0.25, -0.2) is 0 Å². The molecule has 0 amide bonds. The topological polar surface area (TPSA) is 30.9 Å². The third-order valence-electron chi connectivity index (χ3n) is 5.36. The summed E-state index contributed by atoms with van der Waals surface area (Å²) in [6.07, 6.45) is 3.79. The lowest BCUT2D eigenvalue weighted by Gasteiger charge is -2.29. The van der Waals surface area contributed by atoms with E-state index in [-0.39, 0.29) is 0 Å². The van der Waals surface area contributed by atoms with Crippen molar-refractivity contribution in [3.8, 4) is 0 Å². The molecule has 0 aromatic heterocycles. The molecule has 0 saturated heterocycles. The van der Waals surface area contributed by atoms with Crippen molar-refractivity contribution in [2.45, 2.75) is 97.4 Å². The van der Waals surface area contributed by atoms with E-state index in [1.165, 1.54) is 57.0 Å². The molecule has 0 unspecified atom stereocenters.